The number of aliphatic hydroxyl groups is 1. The van der Waals surface area contributed by atoms with Gasteiger partial charge in [0.05, 0.1) is 11.6 Å². The zero-order chi connectivity index (χ0) is 19.5. The van der Waals surface area contributed by atoms with Gasteiger partial charge < -0.3 is 15.3 Å². The number of hydrogen-bond donors (Lipinski definition) is 3. The molecule has 0 aromatic heterocycles. The monoisotopic (exact) mass is 389 g/mol. The minimum atomic E-state index is -4.17. The zero-order valence-electron chi connectivity index (χ0n) is 15.1. The van der Waals surface area contributed by atoms with E-state index in [0.717, 1.165) is 0 Å². The summed E-state index contributed by atoms with van der Waals surface area (Å²) in [6.07, 6.45) is 2.50. The summed E-state index contributed by atoms with van der Waals surface area (Å²) in [6.45, 7) is 7.12. The first-order valence-electron chi connectivity index (χ1n) is 8.66. The molecule has 2 aliphatic rings. The van der Waals surface area contributed by atoms with Crippen LogP contribution in [-0.2, 0) is 24.1 Å². The van der Waals surface area contributed by atoms with Gasteiger partial charge in [0.2, 0.25) is 11.8 Å². The highest BCUT2D eigenvalue weighted by atomic mass is 32.2. The van der Waals surface area contributed by atoms with Crippen molar-refractivity contribution in [1.29, 1.82) is 0 Å². The summed E-state index contributed by atoms with van der Waals surface area (Å²) in [5.41, 5.74) is -0.728. The second-order valence-electron chi connectivity index (χ2n) is 7.06. The zero-order valence-corrected chi connectivity index (χ0v) is 15.9. The standard InChI is InChI=1S/C16H27N3O6S/c1-4-6-12(14(21)18-26(23,24)25-16(3)8-9-16)17-15(22)13-7-5-10-19(13)11(2)20/h4,12-14,18,21H,1,5-10H2,2-3H3,(H,17,22). The van der Waals surface area contributed by atoms with Gasteiger partial charge in [-0.25, -0.2) is 0 Å². The summed E-state index contributed by atoms with van der Waals surface area (Å²) in [5, 5.41) is 12.9. The second kappa shape index (κ2) is 8.03. The minimum Gasteiger partial charge on any atom is -0.375 e. The first-order valence-corrected chi connectivity index (χ1v) is 10.1. The SMILES string of the molecule is C=CCC(NC(=O)C1CCCN1C(C)=O)C(O)NS(=O)(=O)OC1(C)CC1. The molecule has 148 valence electrons. The van der Waals surface area contributed by atoms with E-state index in [9.17, 15) is 23.1 Å². The Morgan fingerprint density at radius 2 is 2.12 bits per heavy atom. The largest absolute Gasteiger partial charge is 0.375 e. The van der Waals surface area contributed by atoms with Gasteiger partial charge in [-0.2, -0.15) is 13.1 Å². The van der Waals surface area contributed by atoms with Gasteiger partial charge in [0.25, 0.3) is 0 Å². The number of hydrogen-bond acceptors (Lipinski definition) is 6. The Kier molecular flexibility index (Phi) is 6.43. The van der Waals surface area contributed by atoms with Gasteiger partial charge in [0, 0.05) is 13.5 Å². The lowest BCUT2D eigenvalue weighted by Crippen LogP contribution is -2.55. The van der Waals surface area contributed by atoms with Crippen LogP contribution >= 0.6 is 0 Å². The van der Waals surface area contributed by atoms with Crippen molar-refractivity contribution in [3.05, 3.63) is 12.7 Å². The molecule has 2 fully saturated rings. The first-order chi connectivity index (χ1) is 12.1. The van der Waals surface area contributed by atoms with Crippen LogP contribution in [-0.4, -0.2) is 60.7 Å². The highest BCUT2D eigenvalue weighted by Gasteiger charge is 2.44. The quantitative estimate of drug-likeness (QED) is 0.370. The van der Waals surface area contributed by atoms with Crippen molar-refractivity contribution in [2.24, 2.45) is 0 Å². The maximum atomic E-state index is 12.5. The molecule has 0 bridgehead atoms. The van der Waals surface area contributed by atoms with Crippen LogP contribution in [0.3, 0.4) is 0 Å². The van der Waals surface area contributed by atoms with Gasteiger partial charge >= 0.3 is 10.3 Å². The first kappa shape index (κ1) is 20.8. The molecule has 9 nitrogen and oxygen atoms in total. The van der Waals surface area contributed by atoms with Crippen molar-refractivity contribution in [2.45, 2.75) is 69.9 Å². The highest BCUT2D eigenvalue weighted by molar-refractivity contribution is 7.84. The summed E-state index contributed by atoms with van der Waals surface area (Å²) in [6, 6.07) is -1.55. The summed E-state index contributed by atoms with van der Waals surface area (Å²) in [7, 11) is -4.17. The van der Waals surface area contributed by atoms with Crippen LogP contribution in [0.4, 0.5) is 0 Å². The van der Waals surface area contributed by atoms with Gasteiger partial charge in [0.1, 0.15) is 12.3 Å². The number of aliphatic hydroxyl groups excluding tert-OH is 1. The highest BCUT2D eigenvalue weighted by Crippen LogP contribution is 2.39. The van der Waals surface area contributed by atoms with Crippen molar-refractivity contribution in [3.63, 3.8) is 0 Å². The molecule has 26 heavy (non-hydrogen) atoms. The predicted octanol–water partition coefficient (Wildman–Crippen LogP) is -0.220. The van der Waals surface area contributed by atoms with Crippen LogP contribution in [0, 0.1) is 0 Å². The fraction of sp³-hybridized carbons (Fsp3) is 0.750. The number of nitrogens with one attached hydrogen (secondary N) is 2. The molecule has 1 heterocycles. The van der Waals surface area contributed by atoms with E-state index in [1.807, 2.05) is 4.72 Å². The van der Waals surface area contributed by atoms with Crippen molar-refractivity contribution in [2.75, 3.05) is 6.54 Å². The third kappa shape index (κ3) is 5.50. The van der Waals surface area contributed by atoms with Crippen LogP contribution in [0.25, 0.3) is 0 Å². The molecule has 1 saturated carbocycles. The molecule has 10 heteroatoms. The minimum absolute atomic E-state index is 0.138. The van der Waals surface area contributed by atoms with Gasteiger partial charge in [-0.1, -0.05) is 6.08 Å². The van der Waals surface area contributed by atoms with Crippen molar-refractivity contribution < 1.29 is 27.3 Å². The third-order valence-corrected chi connectivity index (χ3v) is 5.77. The topological polar surface area (TPSA) is 125 Å². The normalized spacial score (nSPS) is 24.0. The number of amides is 2. The Morgan fingerprint density at radius 3 is 2.65 bits per heavy atom. The fourth-order valence-electron chi connectivity index (χ4n) is 2.92. The Morgan fingerprint density at radius 1 is 1.46 bits per heavy atom. The second-order valence-corrected chi connectivity index (χ2v) is 8.37. The van der Waals surface area contributed by atoms with Gasteiger partial charge in [0.15, 0.2) is 0 Å². The summed E-state index contributed by atoms with van der Waals surface area (Å²) < 4.78 is 31.0. The Labute approximate surface area is 154 Å². The average molecular weight is 389 g/mol. The van der Waals surface area contributed by atoms with E-state index in [-0.39, 0.29) is 12.3 Å². The van der Waals surface area contributed by atoms with Crippen molar-refractivity contribution in [3.8, 4) is 0 Å². The molecule has 0 aromatic rings. The molecule has 0 aromatic carbocycles. The van der Waals surface area contributed by atoms with Crippen LogP contribution in [0.15, 0.2) is 12.7 Å². The molecule has 1 aliphatic heterocycles. The molecular weight excluding hydrogens is 362 g/mol. The molecule has 3 atom stereocenters. The summed E-state index contributed by atoms with van der Waals surface area (Å²) in [5.74, 6) is -0.631. The van der Waals surface area contributed by atoms with E-state index < -0.39 is 40.1 Å². The molecule has 1 aliphatic carbocycles. The van der Waals surface area contributed by atoms with Crippen molar-refractivity contribution >= 4 is 22.1 Å². The smallest absolute Gasteiger partial charge is 0.338 e. The molecule has 2 rings (SSSR count). The van der Waals surface area contributed by atoms with E-state index in [2.05, 4.69) is 11.9 Å². The Hall–Kier alpha value is -1.49. The van der Waals surface area contributed by atoms with Crippen LogP contribution in [0.2, 0.25) is 0 Å². The average Bonchev–Trinajstić information content (AvgIpc) is 3.04. The lowest BCUT2D eigenvalue weighted by Gasteiger charge is -2.28. The lowest BCUT2D eigenvalue weighted by atomic mass is 10.1. The summed E-state index contributed by atoms with van der Waals surface area (Å²) >= 11 is 0. The van der Waals surface area contributed by atoms with Crippen molar-refractivity contribution in [1.82, 2.24) is 14.9 Å². The van der Waals surface area contributed by atoms with E-state index in [1.165, 1.54) is 17.9 Å². The molecule has 2 amide bonds. The van der Waals surface area contributed by atoms with Gasteiger partial charge in [-0.15, -0.1) is 6.58 Å². The number of nitrogens with zero attached hydrogens (tertiary/aromatic N) is 1. The number of rotatable bonds is 9. The van der Waals surface area contributed by atoms with E-state index in [0.29, 0.717) is 32.2 Å². The van der Waals surface area contributed by atoms with Crippen LogP contribution in [0.5, 0.6) is 0 Å². The molecule has 3 N–H and O–H groups in total. The van der Waals surface area contributed by atoms with Gasteiger partial charge in [-0.05, 0) is 39.0 Å². The van der Waals surface area contributed by atoms with E-state index in [1.54, 1.807) is 6.92 Å². The molecule has 0 spiro atoms. The van der Waals surface area contributed by atoms with Crippen LogP contribution < -0.4 is 10.0 Å². The summed E-state index contributed by atoms with van der Waals surface area (Å²) in [4.78, 5) is 25.6. The molecule has 3 unspecified atom stereocenters. The Bertz CT molecular complexity index is 661. The molecular formula is C16H27N3O6S. The number of carbonyl (C=O) groups is 2. The number of carbonyl (C=O) groups excluding carboxylic acids is 2. The van der Waals surface area contributed by atoms with E-state index >= 15 is 0 Å². The Balaban J connectivity index is 1.99. The maximum absolute atomic E-state index is 12.5. The predicted molar refractivity (Wildman–Crippen MR) is 93.9 cm³/mol. The molecule has 0 radical (unpaired) electrons. The van der Waals surface area contributed by atoms with E-state index in [4.69, 9.17) is 4.18 Å². The molecule has 1 saturated heterocycles. The number of likely N-dealkylation sites (tertiary alicyclic amines) is 1. The fourth-order valence-corrected chi connectivity index (χ4v) is 4.12. The lowest BCUT2D eigenvalue weighted by molar-refractivity contribution is -0.137. The van der Waals surface area contributed by atoms with Gasteiger partial charge in [-0.3, -0.25) is 13.8 Å². The third-order valence-electron chi connectivity index (χ3n) is 4.62. The maximum Gasteiger partial charge on any atom is 0.338 e. The van der Waals surface area contributed by atoms with Crippen LogP contribution in [0.1, 0.15) is 46.0 Å².